The van der Waals surface area contributed by atoms with Crippen LogP contribution in [0.15, 0.2) is 42.5 Å². The summed E-state index contributed by atoms with van der Waals surface area (Å²) in [4.78, 5) is 28.0. The fourth-order valence-electron chi connectivity index (χ4n) is 3.45. The van der Waals surface area contributed by atoms with E-state index in [-0.39, 0.29) is 29.6 Å². The summed E-state index contributed by atoms with van der Waals surface area (Å²) in [5.74, 6) is -1.67. The lowest BCUT2D eigenvalue weighted by atomic mass is 10.1. The Hall–Kier alpha value is -2.36. The molecule has 1 unspecified atom stereocenters. The van der Waals surface area contributed by atoms with Crippen molar-refractivity contribution in [3.63, 3.8) is 0 Å². The van der Waals surface area contributed by atoms with E-state index >= 15 is 0 Å². The van der Waals surface area contributed by atoms with Crippen LogP contribution in [0.1, 0.15) is 39.7 Å². The molecule has 7 nitrogen and oxygen atoms in total. The molecular weight excluding hydrogens is 516 g/mol. The number of carbonyl (C=O) groups excluding carboxylic acids is 2. The van der Waals surface area contributed by atoms with Crippen molar-refractivity contribution in [1.29, 1.82) is 0 Å². The van der Waals surface area contributed by atoms with Gasteiger partial charge in [0.2, 0.25) is 21.8 Å². The molecule has 11 heteroatoms. The lowest BCUT2D eigenvalue weighted by Crippen LogP contribution is -2.55. The van der Waals surface area contributed by atoms with Gasteiger partial charge in [0.1, 0.15) is 18.4 Å². The van der Waals surface area contributed by atoms with Crippen LogP contribution in [0, 0.1) is 5.82 Å². The zero-order valence-electron chi connectivity index (χ0n) is 20.3. The van der Waals surface area contributed by atoms with Crippen molar-refractivity contribution in [1.82, 2.24) is 10.2 Å². The summed E-state index contributed by atoms with van der Waals surface area (Å²) in [6.07, 6.45) is 1.20. The molecule has 0 aliphatic rings. The summed E-state index contributed by atoms with van der Waals surface area (Å²) < 4.78 is 39.7. The maximum absolute atomic E-state index is 13.8. The van der Waals surface area contributed by atoms with Crippen molar-refractivity contribution in [2.75, 3.05) is 17.1 Å². The summed E-state index contributed by atoms with van der Waals surface area (Å²) in [5, 5.41) is 3.49. The zero-order valence-corrected chi connectivity index (χ0v) is 22.6. The summed E-state index contributed by atoms with van der Waals surface area (Å²) >= 11 is 12.2. The average Bonchev–Trinajstić information content (AvgIpc) is 2.72. The lowest BCUT2D eigenvalue weighted by molar-refractivity contribution is -0.141. The highest BCUT2D eigenvalue weighted by Gasteiger charge is 2.33. The summed E-state index contributed by atoms with van der Waals surface area (Å²) in [5.41, 5.74) is 0.0531. The number of rotatable bonds is 9. The van der Waals surface area contributed by atoms with Crippen LogP contribution in [0.3, 0.4) is 0 Å². The van der Waals surface area contributed by atoms with E-state index in [1.807, 2.05) is 20.8 Å². The van der Waals surface area contributed by atoms with Gasteiger partial charge >= 0.3 is 0 Å². The van der Waals surface area contributed by atoms with Crippen LogP contribution in [-0.2, 0) is 26.2 Å². The van der Waals surface area contributed by atoms with Gasteiger partial charge in [0.05, 0.1) is 22.0 Å². The van der Waals surface area contributed by atoms with Gasteiger partial charge in [0.25, 0.3) is 0 Å². The summed E-state index contributed by atoms with van der Waals surface area (Å²) in [7, 11) is -3.95. The Labute approximate surface area is 216 Å². The largest absolute Gasteiger partial charge is 0.350 e. The number of halogens is 3. The van der Waals surface area contributed by atoms with Crippen molar-refractivity contribution >= 4 is 50.7 Å². The molecule has 0 spiro atoms. The maximum Gasteiger partial charge on any atom is 0.244 e. The van der Waals surface area contributed by atoms with Crippen LogP contribution in [0.4, 0.5) is 10.1 Å². The molecule has 0 bridgehead atoms. The normalized spacial score (nSPS) is 12.7. The van der Waals surface area contributed by atoms with Gasteiger partial charge in [-0.3, -0.25) is 13.9 Å². The van der Waals surface area contributed by atoms with Crippen LogP contribution in [0.25, 0.3) is 0 Å². The van der Waals surface area contributed by atoms with Crippen molar-refractivity contribution in [3.05, 3.63) is 63.9 Å². The molecular formula is C24H30Cl2FN3O4S. The molecule has 0 radical (unpaired) electrons. The SMILES string of the molecule is CCC(C(=O)NC(C)(C)C)N(Cc1ccc(Cl)c(Cl)c1)C(=O)CN(c1cccc(F)c1)S(C)(=O)=O. The molecule has 2 aromatic rings. The molecule has 1 N–H and O–H groups in total. The molecule has 35 heavy (non-hydrogen) atoms. The first kappa shape index (κ1) is 28.9. The van der Waals surface area contributed by atoms with Gasteiger partial charge < -0.3 is 10.2 Å². The van der Waals surface area contributed by atoms with Crippen LogP contribution < -0.4 is 9.62 Å². The molecule has 0 saturated carbocycles. The second kappa shape index (κ2) is 11.6. The highest BCUT2D eigenvalue weighted by atomic mass is 35.5. The minimum absolute atomic E-state index is 0.00234. The second-order valence-electron chi connectivity index (χ2n) is 9.18. The summed E-state index contributed by atoms with van der Waals surface area (Å²) in [6, 6.07) is 8.88. The third-order valence-electron chi connectivity index (χ3n) is 5.00. The Kier molecular flexibility index (Phi) is 9.56. The van der Waals surface area contributed by atoms with Crippen molar-refractivity contribution in [3.8, 4) is 0 Å². The molecule has 2 amide bonds. The number of nitrogens with zero attached hydrogens (tertiary/aromatic N) is 2. The molecule has 0 saturated heterocycles. The van der Waals surface area contributed by atoms with Crippen LogP contribution >= 0.6 is 23.2 Å². The predicted molar refractivity (Wildman–Crippen MR) is 138 cm³/mol. The van der Waals surface area contributed by atoms with E-state index in [0.717, 1.165) is 16.6 Å². The van der Waals surface area contributed by atoms with Gasteiger partial charge in [0.15, 0.2) is 0 Å². The second-order valence-corrected chi connectivity index (χ2v) is 11.9. The number of nitrogens with one attached hydrogen (secondary N) is 1. The summed E-state index contributed by atoms with van der Waals surface area (Å²) in [6.45, 7) is 6.56. The van der Waals surface area contributed by atoms with Gasteiger partial charge in [-0.25, -0.2) is 12.8 Å². The number of amides is 2. The maximum atomic E-state index is 13.8. The van der Waals surface area contributed by atoms with Crippen molar-refractivity contribution in [2.45, 2.75) is 52.2 Å². The third-order valence-corrected chi connectivity index (χ3v) is 6.88. The molecule has 2 aromatic carbocycles. The molecule has 1 atom stereocenters. The number of anilines is 1. The van der Waals surface area contributed by atoms with E-state index in [2.05, 4.69) is 5.32 Å². The van der Waals surface area contributed by atoms with Gasteiger partial charge in [-0.15, -0.1) is 0 Å². The Morgan fingerprint density at radius 3 is 2.26 bits per heavy atom. The van der Waals surface area contributed by atoms with Gasteiger partial charge in [0, 0.05) is 12.1 Å². The quantitative estimate of drug-likeness (QED) is 0.498. The van der Waals surface area contributed by atoms with Gasteiger partial charge in [-0.2, -0.15) is 0 Å². The Morgan fingerprint density at radius 2 is 1.74 bits per heavy atom. The minimum Gasteiger partial charge on any atom is -0.350 e. The van der Waals surface area contributed by atoms with Crippen LogP contribution in [-0.4, -0.2) is 49.5 Å². The van der Waals surface area contributed by atoms with E-state index in [1.54, 1.807) is 25.1 Å². The molecule has 192 valence electrons. The van der Waals surface area contributed by atoms with Gasteiger partial charge in [-0.1, -0.05) is 42.3 Å². The molecule has 2 rings (SSSR count). The lowest BCUT2D eigenvalue weighted by Gasteiger charge is -2.34. The molecule has 0 fully saturated rings. The number of hydrogen-bond donors (Lipinski definition) is 1. The van der Waals surface area contributed by atoms with E-state index in [1.165, 1.54) is 23.1 Å². The standard InChI is InChI=1S/C24H30Cl2FN3O4S/c1-6-21(23(32)28-24(2,3)4)29(14-16-10-11-19(25)20(26)12-16)22(31)15-30(35(5,33)34)18-9-7-8-17(27)13-18/h7-13,21H,6,14-15H2,1-5H3,(H,28,32). The zero-order chi connectivity index (χ0) is 26.6. The first-order chi connectivity index (χ1) is 16.1. The first-order valence-electron chi connectivity index (χ1n) is 10.9. The number of sulfonamides is 1. The number of benzene rings is 2. The fraction of sp³-hybridized carbons (Fsp3) is 0.417. The number of carbonyl (C=O) groups is 2. The Bertz CT molecular complexity index is 1190. The molecule has 0 aromatic heterocycles. The van der Waals surface area contributed by atoms with Crippen molar-refractivity contribution < 1.29 is 22.4 Å². The number of hydrogen-bond acceptors (Lipinski definition) is 4. The third kappa shape index (κ3) is 8.37. The average molecular weight is 546 g/mol. The monoisotopic (exact) mass is 545 g/mol. The highest BCUT2D eigenvalue weighted by Crippen LogP contribution is 2.25. The van der Waals surface area contributed by atoms with E-state index < -0.39 is 39.9 Å². The minimum atomic E-state index is -3.95. The van der Waals surface area contributed by atoms with Crippen LogP contribution in [0.2, 0.25) is 10.0 Å². The highest BCUT2D eigenvalue weighted by molar-refractivity contribution is 7.92. The topological polar surface area (TPSA) is 86.8 Å². The molecule has 0 aliphatic carbocycles. The fourth-order valence-corrected chi connectivity index (χ4v) is 4.61. The van der Waals surface area contributed by atoms with E-state index in [4.69, 9.17) is 23.2 Å². The van der Waals surface area contributed by atoms with Crippen molar-refractivity contribution in [2.24, 2.45) is 0 Å². The predicted octanol–water partition coefficient (Wildman–Crippen LogP) is 4.62. The van der Waals surface area contributed by atoms with Crippen LogP contribution in [0.5, 0.6) is 0 Å². The first-order valence-corrected chi connectivity index (χ1v) is 13.5. The van der Waals surface area contributed by atoms with E-state index in [0.29, 0.717) is 10.6 Å². The Morgan fingerprint density at radius 1 is 1.09 bits per heavy atom. The molecule has 0 heterocycles. The van der Waals surface area contributed by atoms with Gasteiger partial charge in [-0.05, 0) is 63.1 Å². The Balaban J connectivity index is 2.48. The van der Waals surface area contributed by atoms with E-state index in [9.17, 15) is 22.4 Å². The smallest absolute Gasteiger partial charge is 0.244 e. The molecule has 0 aliphatic heterocycles.